The molecule has 0 spiro atoms. The molecule has 0 unspecified atom stereocenters. The molecule has 0 bridgehead atoms. The van der Waals surface area contributed by atoms with E-state index < -0.39 is 0 Å². The number of aromatic nitrogens is 3. The highest BCUT2D eigenvalue weighted by atomic mass is 35.5. The molecule has 0 atom stereocenters. The number of imidazole rings is 1. The second kappa shape index (κ2) is 6.81. The number of hydrogen-bond donors (Lipinski definition) is 1. The summed E-state index contributed by atoms with van der Waals surface area (Å²) in [6, 6.07) is 14.7. The summed E-state index contributed by atoms with van der Waals surface area (Å²) in [6.07, 6.45) is 1.59. The zero-order valence-corrected chi connectivity index (χ0v) is 15.0. The Kier molecular flexibility index (Phi) is 4.33. The zero-order valence-electron chi connectivity index (χ0n) is 14.3. The number of rotatable bonds is 3. The van der Waals surface area contributed by atoms with Gasteiger partial charge in [0.05, 0.1) is 11.8 Å². The van der Waals surface area contributed by atoms with Crippen LogP contribution in [-0.2, 0) is 7.05 Å². The lowest BCUT2D eigenvalue weighted by atomic mass is 10.1. The van der Waals surface area contributed by atoms with Gasteiger partial charge in [-0.2, -0.15) is 0 Å². The van der Waals surface area contributed by atoms with E-state index in [-0.39, 0.29) is 17.4 Å². The smallest absolute Gasteiger partial charge is 0.275 e. The van der Waals surface area contributed by atoms with Crippen LogP contribution in [0.4, 0.5) is 10.2 Å². The van der Waals surface area contributed by atoms with Crippen LogP contribution in [0.25, 0.3) is 22.2 Å². The highest BCUT2D eigenvalue weighted by Gasteiger charge is 2.16. The van der Waals surface area contributed by atoms with Gasteiger partial charge in [0.15, 0.2) is 0 Å². The van der Waals surface area contributed by atoms with E-state index >= 15 is 0 Å². The molecule has 7 heteroatoms. The third-order valence-corrected chi connectivity index (χ3v) is 4.41. The monoisotopic (exact) mass is 380 g/mol. The van der Waals surface area contributed by atoms with Crippen LogP contribution in [0, 0.1) is 5.82 Å². The van der Waals surface area contributed by atoms with E-state index in [0.29, 0.717) is 27.6 Å². The molecule has 2 aromatic heterocycles. The second-order valence-corrected chi connectivity index (χ2v) is 6.48. The van der Waals surface area contributed by atoms with Crippen LogP contribution in [0.3, 0.4) is 0 Å². The number of fused-ring (bicyclic) bond motifs is 1. The van der Waals surface area contributed by atoms with Gasteiger partial charge in [0.2, 0.25) is 0 Å². The highest BCUT2D eigenvalue weighted by Crippen LogP contribution is 2.27. The molecule has 2 aromatic carbocycles. The van der Waals surface area contributed by atoms with Gasteiger partial charge in [0.1, 0.15) is 23.0 Å². The van der Waals surface area contributed by atoms with Crippen molar-refractivity contribution in [2.24, 2.45) is 7.05 Å². The average Bonchev–Trinajstić information content (AvgIpc) is 3.02. The van der Waals surface area contributed by atoms with Crippen molar-refractivity contribution in [1.82, 2.24) is 14.5 Å². The Balaban J connectivity index is 1.67. The number of halogens is 2. The fourth-order valence-electron chi connectivity index (χ4n) is 2.79. The van der Waals surface area contributed by atoms with Gasteiger partial charge in [-0.25, -0.2) is 14.4 Å². The standard InChI is InChI=1S/C20H14ClFN4O/c1-26-11-23-18(13-3-7-15(22)8-4-13)19(26)25-20(27)16-9-5-12-2-6-14(21)10-17(12)24-16/h2-11H,1H3,(H,25,27). The van der Waals surface area contributed by atoms with Crippen LogP contribution in [0.2, 0.25) is 5.02 Å². The predicted molar refractivity (Wildman–Crippen MR) is 103 cm³/mol. The van der Waals surface area contributed by atoms with Crippen molar-refractivity contribution in [2.45, 2.75) is 0 Å². The lowest BCUT2D eigenvalue weighted by molar-refractivity contribution is 0.102. The minimum Gasteiger partial charge on any atom is -0.320 e. The van der Waals surface area contributed by atoms with E-state index in [2.05, 4.69) is 15.3 Å². The van der Waals surface area contributed by atoms with E-state index in [4.69, 9.17) is 11.6 Å². The number of benzene rings is 2. The summed E-state index contributed by atoms with van der Waals surface area (Å²) >= 11 is 6.01. The number of nitrogens with zero attached hydrogens (tertiary/aromatic N) is 3. The first kappa shape index (κ1) is 17.2. The maximum Gasteiger partial charge on any atom is 0.275 e. The van der Waals surface area contributed by atoms with E-state index in [1.165, 1.54) is 12.1 Å². The molecule has 27 heavy (non-hydrogen) atoms. The van der Waals surface area contributed by atoms with E-state index in [0.717, 1.165) is 5.39 Å². The minimum atomic E-state index is -0.371. The molecule has 5 nitrogen and oxygen atoms in total. The number of pyridine rings is 1. The maximum atomic E-state index is 13.2. The Morgan fingerprint density at radius 1 is 1.11 bits per heavy atom. The van der Waals surface area contributed by atoms with Crippen molar-refractivity contribution in [2.75, 3.05) is 5.32 Å². The largest absolute Gasteiger partial charge is 0.320 e. The topological polar surface area (TPSA) is 59.8 Å². The summed E-state index contributed by atoms with van der Waals surface area (Å²) in [7, 11) is 1.77. The van der Waals surface area contributed by atoms with Gasteiger partial charge in [0, 0.05) is 23.0 Å². The molecule has 0 saturated heterocycles. The quantitative estimate of drug-likeness (QED) is 0.561. The summed E-state index contributed by atoms with van der Waals surface area (Å²) in [6.45, 7) is 0. The Labute approximate surface area is 159 Å². The lowest BCUT2D eigenvalue weighted by Gasteiger charge is -2.09. The molecule has 0 aliphatic rings. The van der Waals surface area contributed by atoms with Gasteiger partial charge in [-0.1, -0.05) is 23.7 Å². The predicted octanol–water partition coefficient (Wildman–Crippen LogP) is 4.68. The van der Waals surface area contributed by atoms with Crippen LogP contribution >= 0.6 is 11.6 Å². The van der Waals surface area contributed by atoms with E-state index in [1.807, 2.05) is 12.1 Å². The van der Waals surface area contributed by atoms with Gasteiger partial charge >= 0.3 is 0 Å². The van der Waals surface area contributed by atoms with E-state index in [1.54, 1.807) is 48.3 Å². The Morgan fingerprint density at radius 2 is 1.85 bits per heavy atom. The molecular formula is C20H14ClFN4O. The third kappa shape index (κ3) is 3.39. The van der Waals surface area contributed by atoms with Crippen molar-refractivity contribution in [3.05, 3.63) is 77.5 Å². The SMILES string of the molecule is Cn1cnc(-c2ccc(F)cc2)c1NC(=O)c1ccc2ccc(Cl)cc2n1. The molecule has 1 N–H and O–H groups in total. The Bertz CT molecular complexity index is 1150. The van der Waals surface area contributed by atoms with Crippen LogP contribution < -0.4 is 5.32 Å². The number of amides is 1. The molecule has 134 valence electrons. The number of carbonyl (C=O) groups is 1. The van der Waals surface area contributed by atoms with Crippen molar-refractivity contribution in [3.63, 3.8) is 0 Å². The molecule has 4 rings (SSSR count). The molecule has 0 aliphatic heterocycles. The molecule has 0 saturated carbocycles. The average molecular weight is 381 g/mol. The molecule has 2 heterocycles. The highest BCUT2D eigenvalue weighted by molar-refractivity contribution is 6.31. The number of anilines is 1. The number of nitrogens with one attached hydrogen (secondary N) is 1. The first-order valence-corrected chi connectivity index (χ1v) is 8.54. The first-order valence-electron chi connectivity index (χ1n) is 8.16. The summed E-state index contributed by atoms with van der Waals surface area (Å²) in [5.74, 6) is -0.206. The van der Waals surface area contributed by atoms with Gasteiger partial charge in [-0.15, -0.1) is 0 Å². The van der Waals surface area contributed by atoms with Gasteiger partial charge in [-0.3, -0.25) is 4.79 Å². The summed E-state index contributed by atoms with van der Waals surface area (Å²) in [5, 5.41) is 4.29. The Hall–Kier alpha value is -3.25. The van der Waals surface area contributed by atoms with Gasteiger partial charge in [0.25, 0.3) is 5.91 Å². The second-order valence-electron chi connectivity index (χ2n) is 6.05. The van der Waals surface area contributed by atoms with Gasteiger partial charge in [-0.05, 0) is 42.5 Å². The van der Waals surface area contributed by atoms with Crippen LogP contribution in [0.15, 0.2) is 60.9 Å². The fourth-order valence-corrected chi connectivity index (χ4v) is 2.95. The summed E-state index contributed by atoms with van der Waals surface area (Å²) in [4.78, 5) is 21.4. The van der Waals surface area contributed by atoms with Crippen molar-refractivity contribution in [1.29, 1.82) is 0 Å². The van der Waals surface area contributed by atoms with Crippen molar-refractivity contribution in [3.8, 4) is 11.3 Å². The van der Waals surface area contributed by atoms with E-state index in [9.17, 15) is 9.18 Å². The van der Waals surface area contributed by atoms with Crippen molar-refractivity contribution < 1.29 is 9.18 Å². The summed E-state index contributed by atoms with van der Waals surface area (Å²) < 4.78 is 14.9. The summed E-state index contributed by atoms with van der Waals surface area (Å²) in [5.41, 5.74) is 2.15. The Morgan fingerprint density at radius 3 is 2.63 bits per heavy atom. The zero-order chi connectivity index (χ0) is 19.0. The molecular weight excluding hydrogens is 367 g/mol. The minimum absolute atomic E-state index is 0.260. The third-order valence-electron chi connectivity index (χ3n) is 4.17. The molecule has 1 amide bonds. The number of aryl methyl sites for hydroxylation is 1. The fraction of sp³-hybridized carbons (Fsp3) is 0.0500. The van der Waals surface area contributed by atoms with Gasteiger partial charge < -0.3 is 9.88 Å². The first-order chi connectivity index (χ1) is 13.0. The van der Waals surface area contributed by atoms with Crippen LogP contribution in [0.1, 0.15) is 10.5 Å². The lowest BCUT2D eigenvalue weighted by Crippen LogP contribution is -2.16. The molecule has 0 radical (unpaired) electrons. The number of carbonyl (C=O) groups excluding carboxylic acids is 1. The van der Waals surface area contributed by atoms with Crippen LogP contribution in [-0.4, -0.2) is 20.4 Å². The number of hydrogen-bond acceptors (Lipinski definition) is 3. The molecule has 0 aliphatic carbocycles. The normalized spacial score (nSPS) is 10.9. The maximum absolute atomic E-state index is 13.2. The van der Waals surface area contributed by atoms with Crippen molar-refractivity contribution >= 4 is 34.2 Å². The van der Waals surface area contributed by atoms with Crippen LogP contribution in [0.5, 0.6) is 0 Å². The molecule has 4 aromatic rings. The molecule has 0 fully saturated rings.